The van der Waals surface area contributed by atoms with Crippen molar-refractivity contribution in [3.8, 4) is 0 Å². The lowest BCUT2D eigenvalue weighted by Gasteiger charge is -2.34. The molecule has 0 bridgehead atoms. The highest BCUT2D eigenvalue weighted by molar-refractivity contribution is 7.17. The third-order valence-electron chi connectivity index (χ3n) is 6.70. The van der Waals surface area contributed by atoms with E-state index in [0.29, 0.717) is 22.9 Å². The molecule has 1 aromatic heterocycles. The van der Waals surface area contributed by atoms with Crippen molar-refractivity contribution in [3.05, 3.63) is 16.0 Å². The molecule has 3 N–H and O–H groups in total. The first-order valence-electron chi connectivity index (χ1n) is 11.6. The molecule has 0 aliphatic heterocycles. The number of nitrogens with one attached hydrogen (secondary N) is 2. The summed E-state index contributed by atoms with van der Waals surface area (Å²) in [5.74, 6) is -0.648. The van der Waals surface area contributed by atoms with Crippen LogP contribution in [0, 0.1) is 11.3 Å². The van der Waals surface area contributed by atoms with Crippen LogP contribution >= 0.6 is 11.3 Å². The molecule has 0 saturated heterocycles. The number of hydrogen-bond acceptors (Lipinski definition) is 4. The predicted molar refractivity (Wildman–Crippen MR) is 124 cm³/mol. The van der Waals surface area contributed by atoms with Crippen molar-refractivity contribution in [2.75, 3.05) is 5.32 Å². The molecule has 2 amide bonds. The highest BCUT2D eigenvalue weighted by Gasteiger charge is 2.34. The fourth-order valence-electron chi connectivity index (χ4n) is 4.75. The number of carboxylic acid groups (broad SMARTS) is 1. The molecule has 2 aliphatic carbocycles. The van der Waals surface area contributed by atoms with Crippen LogP contribution in [0.4, 0.5) is 5.00 Å². The Balaban J connectivity index is 1.80. The van der Waals surface area contributed by atoms with E-state index in [1.165, 1.54) is 22.6 Å². The first-order valence-corrected chi connectivity index (χ1v) is 12.4. The van der Waals surface area contributed by atoms with E-state index in [1.54, 1.807) is 0 Å². The second kappa shape index (κ2) is 10.2. The molecule has 0 spiro atoms. The van der Waals surface area contributed by atoms with Crippen LogP contribution in [0.15, 0.2) is 0 Å². The number of amides is 2. The summed E-state index contributed by atoms with van der Waals surface area (Å²) in [5.41, 5.74) is 1.94. The van der Waals surface area contributed by atoms with Gasteiger partial charge in [0.2, 0.25) is 5.91 Å². The quantitative estimate of drug-likeness (QED) is 0.537. The second-order valence-corrected chi connectivity index (χ2v) is 11.2. The molecule has 1 heterocycles. The molecule has 1 atom stereocenters. The summed E-state index contributed by atoms with van der Waals surface area (Å²) in [5, 5.41) is 15.6. The lowest BCUT2D eigenvalue weighted by atomic mass is 9.72. The number of carbonyl (C=O) groups is 3. The van der Waals surface area contributed by atoms with Crippen molar-refractivity contribution in [2.24, 2.45) is 11.3 Å². The maximum Gasteiger partial charge on any atom is 0.303 e. The Morgan fingerprint density at radius 2 is 1.77 bits per heavy atom. The summed E-state index contributed by atoms with van der Waals surface area (Å²) in [6.07, 6.45) is 8.79. The SMILES string of the molecule is CC(C)(C)[C@@H]1CCc2c(sc(NC(=O)CCCC(=O)O)c2C(=O)NC2CCCCC2)C1. The minimum atomic E-state index is -0.903. The van der Waals surface area contributed by atoms with Gasteiger partial charge in [0.05, 0.1) is 5.56 Å². The van der Waals surface area contributed by atoms with Crippen molar-refractivity contribution in [3.63, 3.8) is 0 Å². The zero-order valence-electron chi connectivity index (χ0n) is 19.0. The number of thiophene rings is 1. The van der Waals surface area contributed by atoms with Crippen LogP contribution in [0.25, 0.3) is 0 Å². The lowest BCUT2D eigenvalue weighted by Crippen LogP contribution is -2.37. The van der Waals surface area contributed by atoms with Crippen molar-refractivity contribution in [1.82, 2.24) is 5.32 Å². The van der Waals surface area contributed by atoms with E-state index in [2.05, 4.69) is 31.4 Å². The van der Waals surface area contributed by atoms with Gasteiger partial charge < -0.3 is 15.7 Å². The maximum absolute atomic E-state index is 13.3. The molecule has 0 radical (unpaired) electrons. The highest BCUT2D eigenvalue weighted by Crippen LogP contribution is 2.44. The molecule has 0 aromatic carbocycles. The Morgan fingerprint density at radius 3 is 2.42 bits per heavy atom. The normalized spacial score (nSPS) is 19.5. The number of rotatable bonds is 7. The molecule has 172 valence electrons. The Kier molecular flexibility index (Phi) is 7.78. The van der Waals surface area contributed by atoms with Crippen LogP contribution < -0.4 is 10.6 Å². The lowest BCUT2D eigenvalue weighted by molar-refractivity contribution is -0.137. The van der Waals surface area contributed by atoms with Crippen LogP contribution in [-0.4, -0.2) is 28.9 Å². The van der Waals surface area contributed by atoms with Crippen molar-refractivity contribution < 1.29 is 19.5 Å². The van der Waals surface area contributed by atoms with E-state index >= 15 is 0 Å². The van der Waals surface area contributed by atoms with Gasteiger partial charge in [0.1, 0.15) is 5.00 Å². The standard InChI is InChI=1S/C24H36N2O4S/c1-24(2,3)15-12-13-17-18(14-15)31-23(26-19(27)10-7-11-20(28)29)21(17)22(30)25-16-8-5-4-6-9-16/h15-16H,4-14H2,1-3H3,(H,25,30)(H,26,27)(H,28,29)/t15-/m1/s1. The van der Waals surface area contributed by atoms with Gasteiger partial charge in [-0.3, -0.25) is 14.4 Å². The summed E-state index contributed by atoms with van der Waals surface area (Å²) in [6.45, 7) is 6.79. The summed E-state index contributed by atoms with van der Waals surface area (Å²) in [7, 11) is 0. The molecule has 7 heteroatoms. The number of carboxylic acids is 1. The minimum absolute atomic E-state index is 0.0311. The van der Waals surface area contributed by atoms with E-state index in [1.807, 2.05) is 0 Å². The molecule has 3 rings (SSSR count). The van der Waals surface area contributed by atoms with Gasteiger partial charge in [-0.05, 0) is 55.4 Å². The second-order valence-electron chi connectivity index (χ2n) is 10.1. The topological polar surface area (TPSA) is 95.5 Å². The Labute approximate surface area is 189 Å². The number of anilines is 1. The monoisotopic (exact) mass is 448 g/mol. The number of fused-ring (bicyclic) bond motifs is 1. The fraction of sp³-hybridized carbons (Fsp3) is 0.708. The largest absolute Gasteiger partial charge is 0.481 e. The zero-order valence-corrected chi connectivity index (χ0v) is 19.8. The first kappa shape index (κ1) is 23.8. The van der Waals surface area contributed by atoms with E-state index in [-0.39, 0.29) is 36.1 Å². The Bertz CT molecular complexity index is 818. The molecule has 1 fully saturated rings. The van der Waals surface area contributed by atoms with E-state index in [4.69, 9.17) is 5.11 Å². The molecular formula is C24H36N2O4S. The predicted octanol–water partition coefficient (Wildman–Crippen LogP) is 5.16. The summed E-state index contributed by atoms with van der Waals surface area (Å²) in [4.78, 5) is 37.7. The number of hydrogen-bond donors (Lipinski definition) is 3. The smallest absolute Gasteiger partial charge is 0.303 e. The fourth-order valence-corrected chi connectivity index (χ4v) is 6.09. The molecule has 1 saturated carbocycles. The van der Waals surface area contributed by atoms with Crippen molar-refractivity contribution >= 4 is 34.1 Å². The number of carbonyl (C=O) groups excluding carboxylic acids is 2. The Hall–Kier alpha value is -1.89. The van der Waals surface area contributed by atoms with Crippen molar-refractivity contribution in [2.45, 2.75) is 97.4 Å². The van der Waals surface area contributed by atoms with E-state index in [0.717, 1.165) is 50.5 Å². The van der Waals surface area contributed by atoms with E-state index in [9.17, 15) is 14.4 Å². The minimum Gasteiger partial charge on any atom is -0.481 e. The summed E-state index contributed by atoms with van der Waals surface area (Å²) < 4.78 is 0. The summed E-state index contributed by atoms with van der Waals surface area (Å²) in [6, 6.07) is 0.210. The average molecular weight is 449 g/mol. The number of aliphatic carboxylic acids is 1. The van der Waals surface area contributed by atoms with Crippen LogP contribution in [0.1, 0.15) is 99.4 Å². The molecule has 1 aromatic rings. The first-order chi connectivity index (χ1) is 14.6. The third-order valence-corrected chi connectivity index (χ3v) is 7.87. The molecule has 6 nitrogen and oxygen atoms in total. The van der Waals surface area contributed by atoms with Crippen LogP contribution in [-0.2, 0) is 22.4 Å². The van der Waals surface area contributed by atoms with Gasteiger partial charge in [0.25, 0.3) is 5.91 Å². The third kappa shape index (κ3) is 6.31. The molecule has 0 unspecified atom stereocenters. The van der Waals surface area contributed by atoms with E-state index < -0.39 is 5.97 Å². The maximum atomic E-state index is 13.3. The van der Waals surface area contributed by atoms with Gasteiger partial charge in [-0.25, -0.2) is 0 Å². The molecule has 2 aliphatic rings. The van der Waals surface area contributed by atoms with Crippen LogP contribution in [0.5, 0.6) is 0 Å². The zero-order chi connectivity index (χ0) is 22.6. The van der Waals surface area contributed by atoms with Gasteiger partial charge in [-0.15, -0.1) is 11.3 Å². The summed E-state index contributed by atoms with van der Waals surface area (Å²) >= 11 is 1.53. The average Bonchev–Trinajstić information content (AvgIpc) is 3.04. The Morgan fingerprint density at radius 1 is 1.06 bits per heavy atom. The molecule has 31 heavy (non-hydrogen) atoms. The van der Waals surface area contributed by atoms with Crippen molar-refractivity contribution in [1.29, 1.82) is 0 Å². The molecular weight excluding hydrogens is 412 g/mol. The van der Waals surface area contributed by atoms with Gasteiger partial charge in [-0.1, -0.05) is 40.0 Å². The van der Waals surface area contributed by atoms with Gasteiger partial charge in [0, 0.05) is 23.8 Å². The van der Waals surface area contributed by atoms with Gasteiger partial charge in [-0.2, -0.15) is 0 Å². The van der Waals surface area contributed by atoms with Gasteiger partial charge in [0.15, 0.2) is 0 Å². The highest BCUT2D eigenvalue weighted by atomic mass is 32.1. The van der Waals surface area contributed by atoms with Crippen LogP contribution in [0.2, 0.25) is 0 Å². The van der Waals surface area contributed by atoms with Gasteiger partial charge >= 0.3 is 5.97 Å². The van der Waals surface area contributed by atoms with Crippen LogP contribution in [0.3, 0.4) is 0 Å².